The van der Waals surface area contributed by atoms with Crippen molar-refractivity contribution in [1.82, 2.24) is 0 Å². The summed E-state index contributed by atoms with van der Waals surface area (Å²) in [4.78, 5) is 3.51. The Kier molecular flexibility index (Phi) is 4.10. The summed E-state index contributed by atoms with van der Waals surface area (Å²) in [7, 11) is 0. The molecule has 94 valence electrons. The van der Waals surface area contributed by atoms with Gasteiger partial charge in [-0.3, -0.25) is 0 Å². The lowest BCUT2D eigenvalue weighted by atomic mass is 10.00. The van der Waals surface area contributed by atoms with Crippen molar-refractivity contribution < 1.29 is 4.39 Å². The van der Waals surface area contributed by atoms with Crippen LogP contribution in [0.1, 0.15) is 24.5 Å². The van der Waals surface area contributed by atoms with Crippen LogP contribution in [0.2, 0.25) is 0 Å². The lowest BCUT2D eigenvalue weighted by molar-refractivity contribution is 0.627. The molecule has 0 atom stereocenters. The molecule has 0 bridgehead atoms. The fourth-order valence-electron chi connectivity index (χ4n) is 1.95. The summed E-state index contributed by atoms with van der Waals surface area (Å²) in [6.07, 6.45) is 2.83. The van der Waals surface area contributed by atoms with Crippen LogP contribution in [0.25, 0.3) is 16.5 Å². The predicted octanol–water partition coefficient (Wildman–Crippen LogP) is 5.33. The molecule has 0 unspecified atom stereocenters. The summed E-state index contributed by atoms with van der Waals surface area (Å²) in [5, 5.41) is 0. The minimum Gasteiger partial charge on any atom is -0.238 e. The third-order valence-electron chi connectivity index (χ3n) is 2.98. The Morgan fingerprint density at radius 2 is 1.84 bits per heavy atom. The average Bonchev–Trinajstić information content (AvgIpc) is 2.46. The second kappa shape index (κ2) is 5.97. The second-order valence-corrected chi connectivity index (χ2v) is 4.20. The molecule has 0 aliphatic rings. The summed E-state index contributed by atoms with van der Waals surface area (Å²) >= 11 is 0. The van der Waals surface area contributed by atoms with Gasteiger partial charge in [-0.2, -0.15) is 0 Å². The van der Waals surface area contributed by atoms with E-state index in [1.165, 1.54) is 12.1 Å². The molecule has 2 aromatic carbocycles. The number of para-hydroxylation sites is 1. The van der Waals surface area contributed by atoms with Gasteiger partial charge in [0.25, 0.3) is 0 Å². The number of hydrogen-bond acceptors (Lipinski definition) is 0. The Balaban J connectivity index is 2.44. The second-order valence-electron chi connectivity index (χ2n) is 4.20. The maximum Gasteiger partial charge on any atom is 0.194 e. The quantitative estimate of drug-likeness (QED) is 0.513. The molecule has 0 aromatic heterocycles. The van der Waals surface area contributed by atoms with Gasteiger partial charge >= 0.3 is 0 Å². The minimum absolute atomic E-state index is 0.235. The van der Waals surface area contributed by atoms with Gasteiger partial charge in [0.15, 0.2) is 5.69 Å². The first-order chi connectivity index (χ1) is 9.24. The van der Waals surface area contributed by atoms with Gasteiger partial charge in [0.05, 0.1) is 6.57 Å². The van der Waals surface area contributed by atoms with E-state index in [1.807, 2.05) is 24.3 Å². The van der Waals surface area contributed by atoms with Crippen LogP contribution in [0.3, 0.4) is 0 Å². The van der Waals surface area contributed by atoms with E-state index in [2.05, 4.69) is 11.8 Å². The number of nitrogens with zero attached hydrogens (tertiary/aromatic N) is 1. The van der Waals surface area contributed by atoms with Crippen LogP contribution in [-0.2, 0) is 0 Å². The lowest BCUT2D eigenvalue weighted by Crippen LogP contribution is -1.84. The van der Waals surface area contributed by atoms with Gasteiger partial charge in [0.1, 0.15) is 5.82 Å². The van der Waals surface area contributed by atoms with Crippen molar-refractivity contribution >= 4 is 17.3 Å². The van der Waals surface area contributed by atoms with Gasteiger partial charge in [-0.1, -0.05) is 49.4 Å². The highest BCUT2D eigenvalue weighted by molar-refractivity contribution is 5.85. The largest absolute Gasteiger partial charge is 0.238 e. The van der Waals surface area contributed by atoms with Crippen LogP contribution in [-0.4, -0.2) is 0 Å². The maximum absolute atomic E-state index is 12.9. The highest BCUT2D eigenvalue weighted by Gasteiger charge is 2.03. The SMILES string of the molecule is [C-]#[N+]c1ccccc1/C=C(\CC)c1ccc(F)cc1. The van der Waals surface area contributed by atoms with Crippen molar-refractivity contribution in [2.75, 3.05) is 0 Å². The van der Waals surface area contributed by atoms with E-state index in [1.54, 1.807) is 18.2 Å². The Morgan fingerprint density at radius 3 is 2.47 bits per heavy atom. The number of benzene rings is 2. The van der Waals surface area contributed by atoms with Crippen LogP contribution in [0.15, 0.2) is 48.5 Å². The number of rotatable bonds is 3. The lowest BCUT2D eigenvalue weighted by Gasteiger charge is -2.06. The molecule has 0 fully saturated rings. The molecule has 0 saturated carbocycles. The molecule has 0 heterocycles. The Bertz CT molecular complexity index is 633. The monoisotopic (exact) mass is 251 g/mol. The molecule has 0 amide bonds. The molecule has 0 saturated heterocycles. The van der Waals surface area contributed by atoms with Gasteiger partial charge in [-0.15, -0.1) is 0 Å². The Labute approximate surface area is 112 Å². The van der Waals surface area contributed by atoms with Crippen molar-refractivity contribution in [3.63, 3.8) is 0 Å². The third-order valence-corrected chi connectivity index (χ3v) is 2.98. The molecule has 0 spiro atoms. The molecule has 2 heteroatoms. The molecule has 2 aromatic rings. The summed E-state index contributed by atoms with van der Waals surface area (Å²) in [5.41, 5.74) is 3.62. The predicted molar refractivity (Wildman–Crippen MR) is 77.3 cm³/mol. The van der Waals surface area contributed by atoms with E-state index >= 15 is 0 Å². The van der Waals surface area contributed by atoms with Crippen molar-refractivity contribution in [2.24, 2.45) is 0 Å². The highest BCUT2D eigenvalue weighted by atomic mass is 19.1. The van der Waals surface area contributed by atoms with E-state index in [0.717, 1.165) is 23.1 Å². The molecular formula is C17H14FN. The first kappa shape index (κ1) is 13.0. The fourth-order valence-corrected chi connectivity index (χ4v) is 1.95. The van der Waals surface area contributed by atoms with Crippen LogP contribution >= 0.6 is 0 Å². The van der Waals surface area contributed by atoms with Crippen LogP contribution in [0.5, 0.6) is 0 Å². The van der Waals surface area contributed by atoms with Crippen molar-refractivity contribution in [3.8, 4) is 0 Å². The molecule has 1 nitrogen and oxygen atoms in total. The zero-order chi connectivity index (χ0) is 13.7. The third kappa shape index (κ3) is 3.08. The van der Waals surface area contributed by atoms with Crippen molar-refractivity contribution in [3.05, 3.63) is 76.9 Å². The average molecular weight is 251 g/mol. The number of allylic oxidation sites excluding steroid dienone is 1. The minimum atomic E-state index is -0.235. The van der Waals surface area contributed by atoms with E-state index in [-0.39, 0.29) is 5.82 Å². The van der Waals surface area contributed by atoms with E-state index in [9.17, 15) is 4.39 Å². The maximum atomic E-state index is 12.9. The van der Waals surface area contributed by atoms with Crippen LogP contribution in [0.4, 0.5) is 10.1 Å². The molecule has 0 aliphatic heterocycles. The number of hydrogen-bond donors (Lipinski definition) is 0. The Hall–Kier alpha value is -2.40. The smallest absolute Gasteiger partial charge is 0.194 e. The summed E-state index contributed by atoms with van der Waals surface area (Å²) in [6, 6.07) is 13.9. The standard InChI is InChI=1S/C17H14FN/c1-3-13(14-8-10-16(18)11-9-14)12-15-6-4-5-7-17(15)19-2/h4-12H,3H2,1H3/b13-12+. The summed E-state index contributed by atoms with van der Waals surface area (Å²) < 4.78 is 12.9. The topological polar surface area (TPSA) is 4.36 Å². The summed E-state index contributed by atoms with van der Waals surface area (Å²) in [5.74, 6) is -0.235. The fraction of sp³-hybridized carbons (Fsp3) is 0.118. The van der Waals surface area contributed by atoms with E-state index in [0.29, 0.717) is 5.69 Å². The molecule has 19 heavy (non-hydrogen) atoms. The van der Waals surface area contributed by atoms with Gasteiger partial charge in [-0.25, -0.2) is 9.24 Å². The van der Waals surface area contributed by atoms with Gasteiger partial charge < -0.3 is 0 Å². The van der Waals surface area contributed by atoms with Crippen LogP contribution < -0.4 is 0 Å². The highest BCUT2D eigenvalue weighted by Crippen LogP contribution is 2.26. The summed E-state index contributed by atoms with van der Waals surface area (Å²) in [6.45, 7) is 9.22. The molecule has 0 N–H and O–H groups in total. The van der Waals surface area contributed by atoms with Gasteiger partial charge in [0.2, 0.25) is 0 Å². The molecule has 0 aliphatic carbocycles. The first-order valence-corrected chi connectivity index (χ1v) is 6.17. The van der Waals surface area contributed by atoms with Crippen molar-refractivity contribution in [2.45, 2.75) is 13.3 Å². The zero-order valence-corrected chi connectivity index (χ0v) is 10.7. The van der Waals surface area contributed by atoms with E-state index < -0.39 is 0 Å². The van der Waals surface area contributed by atoms with Gasteiger partial charge in [-0.05, 0) is 35.3 Å². The van der Waals surface area contributed by atoms with Gasteiger partial charge in [0, 0.05) is 0 Å². The Morgan fingerprint density at radius 1 is 1.16 bits per heavy atom. The normalized spacial score (nSPS) is 11.1. The number of halogens is 1. The molecular weight excluding hydrogens is 237 g/mol. The molecule has 2 rings (SSSR count). The molecule has 0 radical (unpaired) electrons. The zero-order valence-electron chi connectivity index (χ0n) is 10.7. The first-order valence-electron chi connectivity index (χ1n) is 6.17. The van der Waals surface area contributed by atoms with E-state index in [4.69, 9.17) is 6.57 Å². The van der Waals surface area contributed by atoms with Crippen LogP contribution in [0, 0.1) is 12.4 Å². The van der Waals surface area contributed by atoms with Crippen molar-refractivity contribution in [1.29, 1.82) is 0 Å².